The molecule has 5 heteroatoms. The molecule has 0 bridgehead atoms. The maximum Gasteiger partial charge on any atom is 0.158 e. The fraction of sp³-hybridized carbons (Fsp3) is 0.200. The maximum absolute atomic E-state index is 6.01. The standard InChI is InChI=1S/C20H19BrN2O2/c1-24-19-4-2-3-18(13-19)23-11-12-25-20(23)15-9-10-22(14-15)17-7-5-16(21)6-8-17/h2-10,13-14,20H,11-12H2,1H3/t20-/m0/s1. The zero-order valence-electron chi connectivity index (χ0n) is 13.9. The lowest BCUT2D eigenvalue weighted by molar-refractivity contribution is 0.114. The number of benzene rings is 2. The second-order valence-corrected chi connectivity index (χ2v) is 6.86. The first-order valence-electron chi connectivity index (χ1n) is 8.21. The van der Waals surface area contributed by atoms with Crippen molar-refractivity contribution in [3.8, 4) is 11.4 Å². The monoisotopic (exact) mass is 398 g/mol. The Kier molecular flexibility index (Phi) is 4.51. The molecular formula is C20H19BrN2O2. The van der Waals surface area contributed by atoms with Crippen LogP contribution in [0.3, 0.4) is 0 Å². The number of rotatable bonds is 4. The van der Waals surface area contributed by atoms with Crippen molar-refractivity contribution >= 4 is 21.6 Å². The van der Waals surface area contributed by atoms with E-state index in [-0.39, 0.29) is 6.23 Å². The lowest BCUT2D eigenvalue weighted by Gasteiger charge is -2.25. The predicted octanol–water partition coefficient (Wildman–Crippen LogP) is 4.78. The van der Waals surface area contributed by atoms with E-state index in [4.69, 9.17) is 9.47 Å². The van der Waals surface area contributed by atoms with Crippen LogP contribution in [0.2, 0.25) is 0 Å². The fourth-order valence-corrected chi connectivity index (χ4v) is 3.40. The van der Waals surface area contributed by atoms with Gasteiger partial charge >= 0.3 is 0 Å². The van der Waals surface area contributed by atoms with Crippen molar-refractivity contribution in [1.29, 1.82) is 0 Å². The molecule has 2 aromatic carbocycles. The Morgan fingerprint density at radius 1 is 1.08 bits per heavy atom. The predicted molar refractivity (Wildman–Crippen MR) is 103 cm³/mol. The van der Waals surface area contributed by atoms with Crippen molar-refractivity contribution < 1.29 is 9.47 Å². The van der Waals surface area contributed by atoms with Gasteiger partial charge in [0.15, 0.2) is 6.23 Å². The third kappa shape index (κ3) is 3.30. The summed E-state index contributed by atoms with van der Waals surface area (Å²) in [6, 6.07) is 18.5. The zero-order chi connectivity index (χ0) is 17.2. The molecule has 128 valence electrons. The molecule has 0 aliphatic carbocycles. The quantitative estimate of drug-likeness (QED) is 0.632. The number of nitrogens with zero attached hydrogens (tertiary/aromatic N) is 2. The minimum atomic E-state index is -0.0798. The van der Waals surface area contributed by atoms with Gasteiger partial charge in [-0.3, -0.25) is 0 Å². The normalized spacial score (nSPS) is 17.0. The Balaban J connectivity index is 1.61. The minimum Gasteiger partial charge on any atom is -0.497 e. The summed E-state index contributed by atoms with van der Waals surface area (Å²) in [5.74, 6) is 0.857. The summed E-state index contributed by atoms with van der Waals surface area (Å²) in [4.78, 5) is 2.27. The highest BCUT2D eigenvalue weighted by Crippen LogP contribution is 2.34. The van der Waals surface area contributed by atoms with Crippen LogP contribution in [0.25, 0.3) is 5.69 Å². The maximum atomic E-state index is 6.01. The summed E-state index contributed by atoms with van der Waals surface area (Å²) >= 11 is 3.48. The highest BCUT2D eigenvalue weighted by molar-refractivity contribution is 9.10. The van der Waals surface area contributed by atoms with Gasteiger partial charge < -0.3 is 18.9 Å². The van der Waals surface area contributed by atoms with E-state index in [2.05, 4.69) is 62.1 Å². The molecule has 0 saturated carbocycles. The van der Waals surface area contributed by atoms with Crippen LogP contribution >= 0.6 is 15.9 Å². The average Bonchev–Trinajstić information content (AvgIpc) is 3.31. The van der Waals surface area contributed by atoms with Crippen molar-refractivity contribution in [1.82, 2.24) is 4.57 Å². The van der Waals surface area contributed by atoms with Crippen LogP contribution in [0.5, 0.6) is 5.75 Å². The Hall–Kier alpha value is -2.24. The molecule has 0 unspecified atom stereocenters. The summed E-state index contributed by atoms with van der Waals surface area (Å²) in [6.07, 6.45) is 4.12. The lowest BCUT2D eigenvalue weighted by atomic mass is 10.2. The first kappa shape index (κ1) is 16.2. The second kappa shape index (κ2) is 6.94. The molecule has 1 aliphatic heterocycles. The molecule has 0 N–H and O–H groups in total. The lowest BCUT2D eigenvalue weighted by Crippen LogP contribution is -2.22. The summed E-state index contributed by atoms with van der Waals surface area (Å²) in [5, 5.41) is 0. The van der Waals surface area contributed by atoms with Crippen LogP contribution in [0.1, 0.15) is 11.8 Å². The Bertz CT molecular complexity index is 860. The van der Waals surface area contributed by atoms with E-state index < -0.39 is 0 Å². The molecule has 1 atom stereocenters. The molecule has 25 heavy (non-hydrogen) atoms. The first-order chi connectivity index (χ1) is 12.2. The highest BCUT2D eigenvalue weighted by atomic mass is 79.9. The van der Waals surface area contributed by atoms with Gasteiger partial charge in [0.25, 0.3) is 0 Å². The third-order valence-electron chi connectivity index (χ3n) is 4.40. The van der Waals surface area contributed by atoms with Gasteiger partial charge in [-0.15, -0.1) is 0 Å². The minimum absolute atomic E-state index is 0.0798. The zero-order valence-corrected chi connectivity index (χ0v) is 15.5. The molecule has 1 aromatic heterocycles. The van der Waals surface area contributed by atoms with Crippen molar-refractivity contribution in [3.63, 3.8) is 0 Å². The van der Waals surface area contributed by atoms with Gasteiger partial charge in [0.1, 0.15) is 5.75 Å². The summed E-state index contributed by atoms with van der Waals surface area (Å²) in [5.41, 5.74) is 3.38. The molecule has 2 heterocycles. The molecule has 1 saturated heterocycles. The van der Waals surface area contributed by atoms with E-state index in [9.17, 15) is 0 Å². The number of halogens is 1. The van der Waals surface area contributed by atoms with Crippen molar-refractivity contribution in [2.24, 2.45) is 0 Å². The van der Waals surface area contributed by atoms with Crippen LogP contribution in [-0.2, 0) is 4.74 Å². The fourth-order valence-electron chi connectivity index (χ4n) is 3.13. The molecule has 1 aliphatic rings. The number of ether oxygens (including phenoxy) is 2. The molecule has 0 radical (unpaired) electrons. The van der Waals surface area contributed by atoms with Gasteiger partial charge in [-0.25, -0.2) is 0 Å². The van der Waals surface area contributed by atoms with Crippen LogP contribution in [0.4, 0.5) is 5.69 Å². The van der Waals surface area contributed by atoms with Gasteiger partial charge in [-0.1, -0.05) is 22.0 Å². The Morgan fingerprint density at radius 3 is 2.72 bits per heavy atom. The molecule has 4 rings (SSSR count). The van der Waals surface area contributed by atoms with Crippen molar-refractivity contribution in [3.05, 3.63) is 77.0 Å². The van der Waals surface area contributed by atoms with Crippen LogP contribution in [-0.4, -0.2) is 24.8 Å². The van der Waals surface area contributed by atoms with E-state index in [1.54, 1.807) is 7.11 Å². The largest absolute Gasteiger partial charge is 0.497 e. The number of hydrogen-bond donors (Lipinski definition) is 0. The molecule has 4 nitrogen and oxygen atoms in total. The van der Waals surface area contributed by atoms with E-state index >= 15 is 0 Å². The number of hydrogen-bond acceptors (Lipinski definition) is 3. The van der Waals surface area contributed by atoms with Crippen molar-refractivity contribution in [2.45, 2.75) is 6.23 Å². The van der Waals surface area contributed by atoms with Crippen molar-refractivity contribution in [2.75, 3.05) is 25.2 Å². The smallest absolute Gasteiger partial charge is 0.158 e. The molecule has 0 spiro atoms. The molecule has 0 amide bonds. The SMILES string of the molecule is COc1cccc(N2CCO[C@H]2c2ccn(-c3ccc(Br)cc3)c2)c1. The number of anilines is 1. The van der Waals surface area contributed by atoms with Crippen LogP contribution < -0.4 is 9.64 Å². The molecule has 1 fully saturated rings. The second-order valence-electron chi connectivity index (χ2n) is 5.95. The topological polar surface area (TPSA) is 26.6 Å². The van der Waals surface area contributed by atoms with Gasteiger partial charge in [0.05, 0.1) is 13.7 Å². The van der Waals surface area contributed by atoms with E-state index in [0.717, 1.165) is 33.7 Å². The number of methoxy groups -OCH3 is 1. The number of aromatic nitrogens is 1. The van der Waals surface area contributed by atoms with Crippen LogP contribution in [0, 0.1) is 0 Å². The summed E-state index contributed by atoms with van der Waals surface area (Å²) < 4.78 is 14.6. The van der Waals surface area contributed by atoms with E-state index in [1.807, 2.05) is 30.3 Å². The average molecular weight is 399 g/mol. The molecular weight excluding hydrogens is 380 g/mol. The van der Waals surface area contributed by atoms with Gasteiger partial charge in [0.2, 0.25) is 0 Å². The molecule has 3 aromatic rings. The Labute approximate surface area is 155 Å². The Morgan fingerprint density at radius 2 is 1.92 bits per heavy atom. The van der Waals surface area contributed by atoms with Crippen LogP contribution in [0.15, 0.2) is 71.5 Å². The highest BCUT2D eigenvalue weighted by Gasteiger charge is 2.28. The first-order valence-corrected chi connectivity index (χ1v) is 9.00. The van der Waals surface area contributed by atoms with E-state index in [1.165, 1.54) is 0 Å². The van der Waals surface area contributed by atoms with E-state index in [0.29, 0.717) is 6.61 Å². The third-order valence-corrected chi connectivity index (χ3v) is 4.93. The van der Waals surface area contributed by atoms with Gasteiger partial charge in [-0.2, -0.15) is 0 Å². The van der Waals surface area contributed by atoms with Gasteiger partial charge in [0, 0.05) is 46.4 Å². The summed E-state index contributed by atoms with van der Waals surface area (Å²) in [6.45, 7) is 1.58. The van der Waals surface area contributed by atoms with Gasteiger partial charge in [-0.05, 0) is 42.5 Å². The summed E-state index contributed by atoms with van der Waals surface area (Å²) in [7, 11) is 1.69.